The summed E-state index contributed by atoms with van der Waals surface area (Å²) in [5, 5.41) is 0. The van der Waals surface area contributed by atoms with E-state index in [1.54, 1.807) is 0 Å². The number of nitrogens with zero attached hydrogens (tertiary/aromatic N) is 1. The number of rotatable bonds is 3. The second-order valence-electron chi connectivity index (χ2n) is 4.24. The first-order chi connectivity index (χ1) is 6.63. The molecule has 0 atom stereocenters. The molecule has 0 bridgehead atoms. The molecule has 0 heterocycles. The molecule has 0 aromatic rings. The van der Waals surface area contributed by atoms with Crippen molar-refractivity contribution in [1.29, 1.82) is 0 Å². The molecule has 0 amide bonds. The highest BCUT2D eigenvalue weighted by atomic mass is 16.5. The van der Waals surface area contributed by atoms with Gasteiger partial charge >= 0.3 is 5.97 Å². The van der Waals surface area contributed by atoms with Crippen LogP contribution in [-0.2, 0) is 9.53 Å². The number of ether oxygens (including phenoxy) is 1. The predicted molar refractivity (Wildman–Crippen MR) is 56.1 cm³/mol. The van der Waals surface area contributed by atoms with Gasteiger partial charge in [0, 0.05) is 12.5 Å². The van der Waals surface area contributed by atoms with Crippen molar-refractivity contribution in [2.45, 2.75) is 51.2 Å². The first kappa shape index (κ1) is 11.5. The van der Waals surface area contributed by atoms with E-state index in [0.717, 1.165) is 25.7 Å². The lowest BCUT2D eigenvalue weighted by atomic mass is 9.92. The molecule has 3 heteroatoms. The summed E-state index contributed by atoms with van der Waals surface area (Å²) in [6, 6.07) is 0.673. The zero-order valence-corrected chi connectivity index (χ0v) is 9.45. The highest BCUT2D eigenvalue weighted by Crippen LogP contribution is 2.23. The van der Waals surface area contributed by atoms with Crippen LogP contribution in [0.25, 0.3) is 0 Å². The monoisotopic (exact) mass is 199 g/mol. The van der Waals surface area contributed by atoms with Gasteiger partial charge in [0.1, 0.15) is 6.10 Å². The normalized spacial score (nSPS) is 27.7. The minimum absolute atomic E-state index is 0.0571. The average molecular weight is 199 g/mol. The van der Waals surface area contributed by atoms with Crippen LogP contribution in [0.15, 0.2) is 0 Å². The molecule has 3 nitrogen and oxygen atoms in total. The fourth-order valence-electron chi connectivity index (χ4n) is 1.95. The highest BCUT2D eigenvalue weighted by Gasteiger charge is 2.24. The molecule has 1 aliphatic carbocycles. The Balaban J connectivity index is 2.25. The van der Waals surface area contributed by atoms with Crippen molar-refractivity contribution in [2.24, 2.45) is 0 Å². The molecule has 0 aromatic heterocycles. The number of carbonyl (C=O) groups excluding carboxylic acids is 1. The summed E-state index contributed by atoms with van der Waals surface area (Å²) in [6.45, 7) is 1.84. The quantitative estimate of drug-likeness (QED) is 0.649. The van der Waals surface area contributed by atoms with E-state index in [2.05, 4.69) is 19.0 Å². The zero-order chi connectivity index (χ0) is 10.6. The second kappa shape index (κ2) is 5.35. The Kier molecular flexibility index (Phi) is 4.39. The molecule has 0 radical (unpaired) electrons. The molecule has 0 spiro atoms. The van der Waals surface area contributed by atoms with Crippen LogP contribution in [0.1, 0.15) is 39.0 Å². The van der Waals surface area contributed by atoms with Gasteiger partial charge in [-0.15, -0.1) is 0 Å². The van der Waals surface area contributed by atoms with E-state index in [9.17, 15) is 4.79 Å². The van der Waals surface area contributed by atoms with Gasteiger partial charge in [0.2, 0.25) is 0 Å². The third-order valence-corrected chi connectivity index (χ3v) is 2.96. The molecule has 0 saturated heterocycles. The minimum atomic E-state index is -0.0571. The van der Waals surface area contributed by atoms with Crippen molar-refractivity contribution in [3.05, 3.63) is 0 Å². The molecule has 1 saturated carbocycles. The van der Waals surface area contributed by atoms with Crippen LogP contribution in [0.2, 0.25) is 0 Å². The maximum atomic E-state index is 11.1. The summed E-state index contributed by atoms with van der Waals surface area (Å²) >= 11 is 0. The van der Waals surface area contributed by atoms with E-state index in [1.807, 2.05) is 6.92 Å². The van der Waals surface area contributed by atoms with E-state index in [4.69, 9.17) is 4.74 Å². The molecular formula is C11H21NO2. The van der Waals surface area contributed by atoms with E-state index < -0.39 is 0 Å². The lowest BCUT2D eigenvalue weighted by Crippen LogP contribution is -2.35. The van der Waals surface area contributed by atoms with Gasteiger partial charge in [0.25, 0.3) is 0 Å². The maximum Gasteiger partial charge on any atom is 0.305 e. The third kappa shape index (κ3) is 3.29. The third-order valence-electron chi connectivity index (χ3n) is 2.96. The van der Waals surface area contributed by atoms with E-state index in [1.165, 1.54) is 0 Å². The van der Waals surface area contributed by atoms with Gasteiger partial charge in [0.15, 0.2) is 0 Å². The summed E-state index contributed by atoms with van der Waals surface area (Å²) in [5.41, 5.74) is 0. The Morgan fingerprint density at radius 1 is 1.29 bits per heavy atom. The second-order valence-corrected chi connectivity index (χ2v) is 4.24. The Hall–Kier alpha value is -0.570. The van der Waals surface area contributed by atoms with Crippen molar-refractivity contribution < 1.29 is 9.53 Å². The van der Waals surface area contributed by atoms with E-state index in [-0.39, 0.29) is 12.1 Å². The van der Waals surface area contributed by atoms with Gasteiger partial charge in [-0.3, -0.25) is 4.79 Å². The molecule has 82 valence electrons. The Labute approximate surface area is 86.4 Å². The van der Waals surface area contributed by atoms with Crippen LogP contribution in [-0.4, -0.2) is 37.1 Å². The van der Waals surface area contributed by atoms with E-state index >= 15 is 0 Å². The van der Waals surface area contributed by atoms with Crippen molar-refractivity contribution in [2.75, 3.05) is 14.1 Å². The number of esters is 1. The molecule has 1 fully saturated rings. The Morgan fingerprint density at radius 2 is 1.86 bits per heavy atom. The zero-order valence-electron chi connectivity index (χ0n) is 9.45. The van der Waals surface area contributed by atoms with Gasteiger partial charge in [-0.25, -0.2) is 0 Å². The number of hydrogen-bond acceptors (Lipinski definition) is 3. The van der Waals surface area contributed by atoms with Crippen LogP contribution in [0.4, 0.5) is 0 Å². The maximum absolute atomic E-state index is 11.1. The minimum Gasteiger partial charge on any atom is -0.462 e. The van der Waals surface area contributed by atoms with Crippen molar-refractivity contribution >= 4 is 5.97 Å². The summed E-state index contributed by atoms with van der Waals surface area (Å²) in [5.74, 6) is -0.0571. The molecule has 0 aliphatic heterocycles. The van der Waals surface area contributed by atoms with Crippen molar-refractivity contribution in [3.63, 3.8) is 0 Å². The molecule has 0 N–H and O–H groups in total. The summed E-state index contributed by atoms with van der Waals surface area (Å²) < 4.78 is 5.31. The molecule has 1 rings (SSSR count). The molecule has 0 aromatic carbocycles. The molecule has 0 unspecified atom stereocenters. The van der Waals surface area contributed by atoms with Gasteiger partial charge in [0.05, 0.1) is 0 Å². The van der Waals surface area contributed by atoms with Crippen LogP contribution in [0.3, 0.4) is 0 Å². The average Bonchev–Trinajstić information content (AvgIpc) is 2.18. The highest BCUT2D eigenvalue weighted by molar-refractivity contribution is 5.69. The van der Waals surface area contributed by atoms with Gasteiger partial charge in [-0.05, 0) is 39.8 Å². The predicted octanol–water partition coefficient (Wildman–Crippen LogP) is 1.81. The fourth-order valence-corrected chi connectivity index (χ4v) is 1.95. The topological polar surface area (TPSA) is 29.5 Å². The lowest BCUT2D eigenvalue weighted by molar-refractivity contribution is -0.150. The summed E-state index contributed by atoms with van der Waals surface area (Å²) in [4.78, 5) is 13.3. The van der Waals surface area contributed by atoms with E-state index in [0.29, 0.717) is 12.5 Å². The van der Waals surface area contributed by atoms with Crippen molar-refractivity contribution in [1.82, 2.24) is 4.90 Å². The summed E-state index contributed by atoms with van der Waals surface area (Å²) in [7, 11) is 4.23. The number of hydrogen-bond donors (Lipinski definition) is 0. The van der Waals surface area contributed by atoms with Crippen LogP contribution < -0.4 is 0 Å². The standard InChI is InChI=1S/C11H21NO2/c1-4-11(13)14-10-7-5-9(6-8-10)12(2)3/h9-10H,4-8H2,1-3H3/t9-,10-. The van der Waals surface area contributed by atoms with Crippen LogP contribution in [0.5, 0.6) is 0 Å². The molecule has 1 aliphatic rings. The van der Waals surface area contributed by atoms with Gasteiger partial charge in [-0.1, -0.05) is 6.92 Å². The summed E-state index contributed by atoms with van der Waals surface area (Å²) in [6.07, 6.45) is 5.01. The van der Waals surface area contributed by atoms with Gasteiger partial charge in [-0.2, -0.15) is 0 Å². The molecular weight excluding hydrogens is 178 g/mol. The SMILES string of the molecule is CCC(=O)O[C@H]1CC[C@H](N(C)C)CC1. The Bertz CT molecular complexity index is 184. The lowest BCUT2D eigenvalue weighted by Gasteiger charge is -2.32. The first-order valence-corrected chi connectivity index (χ1v) is 5.49. The number of carbonyl (C=O) groups is 1. The first-order valence-electron chi connectivity index (χ1n) is 5.49. The smallest absolute Gasteiger partial charge is 0.305 e. The fraction of sp³-hybridized carbons (Fsp3) is 0.909. The van der Waals surface area contributed by atoms with Gasteiger partial charge < -0.3 is 9.64 Å². The van der Waals surface area contributed by atoms with Crippen molar-refractivity contribution in [3.8, 4) is 0 Å². The largest absolute Gasteiger partial charge is 0.462 e. The molecule has 14 heavy (non-hydrogen) atoms. The Morgan fingerprint density at radius 3 is 2.29 bits per heavy atom. The van der Waals surface area contributed by atoms with Crippen LogP contribution in [0, 0.1) is 0 Å². The van der Waals surface area contributed by atoms with Crippen LogP contribution >= 0.6 is 0 Å².